The molecule has 0 radical (unpaired) electrons. The molecule has 3 nitrogen and oxygen atoms in total. The highest BCUT2D eigenvalue weighted by molar-refractivity contribution is 5.19. The zero-order valence-electron chi connectivity index (χ0n) is 10.3. The SMILES string of the molecule is CCNC(Cc1cccc(F)c1)c1cnccn1. The Morgan fingerprint density at radius 3 is 2.89 bits per heavy atom. The average molecular weight is 245 g/mol. The zero-order chi connectivity index (χ0) is 12.8. The molecule has 1 heterocycles. The Balaban J connectivity index is 2.16. The van der Waals surface area contributed by atoms with E-state index >= 15 is 0 Å². The first-order chi connectivity index (χ1) is 8.79. The van der Waals surface area contributed by atoms with Crippen molar-refractivity contribution in [1.29, 1.82) is 0 Å². The number of likely N-dealkylation sites (N-methyl/N-ethyl adjacent to an activating group) is 1. The highest BCUT2D eigenvalue weighted by Crippen LogP contribution is 2.16. The van der Waals surface area contributed by atoms with Crippen molar-refractivity contribution >= 4 is 0 Å². The van der Waals surface area contributed by atoms with E-state index in [1.165, 1.54) is 6.07 Å². The van der Waals surface area contributed by atoms with Crippen molar-refractivity contribution in [2.45, 2.75) is 19.4 Å². The second-order valence-electron chi connectivity index (χ2n) is 4.07. The first-order valence-corrected chi connectivity index (χ1v) is 6.03. The largest absolute Gasteiger partial charge is 0.309 e. The number of aromatic nitrogens is 2. The molecule has 1 unspecified atom stereocenters. The van der Waals surface area contributed by atoms with Crippen LogP contribution in [0.25, 0.3) is 0 Å². The van der Waals surface area contributed by atoms with E-state index in [1.54, 1.807) is 30.7 Å². The Bertz CT molecular complexity index is 487. The minimum absolute atomic E-state index is 0.0606. The first-order valence-electron chi connectivity index (χ1n) is 6.03. The van der Waals surface area contributed by atoms with E-state index in [0.29, 0.717) is 6.42 Å². The van der Waals surface area contributed by atoms with Crippen molar-refractivity contribution in [3.63, 3.8) is 0 Å². The zero-order valence-corrected chi connectivity index (χ0v) is 10.3. The summed E-state index contributed by atoms with van der Waals surface area (Å²) >= 11 is 0. The molecule has 1 atom stereocenters. The lowest BCUT2D eigenvalue weighted by atomic mass is 10.0. The summed E-state index contributed by atoms with van der Waals surface area (Å²) < 4.78 is 13.2. The number of rotatable bonds is 5. The van der Waals surface area contributed by atoms with Gasteiger partial charge in [-0.2, -0.15) is 0 Å². The third kappa shape index (κ3) is 3.34. The fourth-order valence-corrected chi connectivity index (χ4v) is 1.92. The van der Waals surface area contributed by atoms with Crippen molar-refractivity contribution in [2.24, 2.45) is 0 Å². The van der Waals surface area contributed by atoms with Gasteiger partial charge in [0, 0.05) is 18.6 Å². The van der Waals surface area contributed by atoms with Crippen LogP contribution in [0.1, 0.15) is 24.2 Å². The van der Waals surface area contributed by atoms with Crippen molar-refractivity contribution in [3.05, 3.63) is 59.9 Å². The summed E-state index contributed by atoms with van der Waals surface area (Å²) in [5.41, 5.74) is 1.83. The molecule has 0 aliphatic heterocycles. The monoisotopic (exact) mass is 245 g/mol. The predicted octanol–water partition coefficient (Wildman–Crippen LogP) is 2.51. The van der Waals surface area contributed by atoms with Gasteiger partial charge in [0.2, 0.25) is 0 Å². The van der Waals surface area contributed by atoms with E-state index in [0.717, 1.165) is 17.8 Å². The van der Waals surface area contributed by atoms with Crippen LogP contribution >= 0.6 is 0 Å². The van der Waals surface area contributed by atoms with Crippen LogP contribution < -0.4 is 5.32 Å². The first kappa shape index (κ1) is 12.6. The van der Waals surface area contributed by atoms with Crippen LogP contribution in [-0.4, -0.2) is 16.5 Å². The van der Waals surface area contributed by atoms with E-state index < -0.39 is 0 Å². The molecule has 0 amide bonds. The van der Waals surface area contributed by atoms with Crippen LogP contribution in [0.4, 0.5) is 4.39 Å². The molecular weight excluding hydrogens is 229 g/mol. The fourth-order valence-electron chi connectivity index (χ4n) is 1.92. The van der Waals surface area contributed by atoms with E-state index in [2.05, 4.69) is 15.3 Å². The standard InChI is InChI=1S/C14H16FN3/c1-2-17-13(14-10-16-6-7-18-14)9-11-4-3-5-12(15)8-11/h3-8,10,13,17H,2,9H2,1H3. The molecule has 2 aromatic rings. The van der Waals surface area contributed by atoms with Crippen LogP contribution in [0.5, 0.6) is 0 Å². The van der Waals surface area contributed by atoms with Gasteiger partial charge < -0.3 is 5.32 Å². The van der Waals surface area contributed by atoms with Gasteiger partial charge in [0.1, 0.15) is 5.82 Å². The van der Waals surface area contributed by atoms with Gasteiger partial charge in [0.05, 0.1) is 11.7 Å². The van der Waals surface area contributed by atoms with E-state index in [9.17, 15) is 4.39 Å². The van der Waals surface area contributed by atoms with Crippen LogP contribution in [0.15, 0.2) is 42.9 Å². The number of benzene rings is 1. The highest BCUT2D eigenvalue weighted by atomic mass is 19.1. The van der Waals surface area contributed by atoms with Crippen LogP contribution in [-0.2, 0) is 6.42 Å². The van der Waals surface area contributed by atoms with E-state index in [-0.39, 0.29) is 11.9 Å². The lowest BCUT2D eigenvalue weighted by molar-refractivity contribution is 0.532. The summed E-state index contributed by atoms with van der Waals surface area (Å²) in [6.45, 7) is 2.87. The average Bonchev–Trinajstić information content (AvgIpc) is 2.39. The summed E-state index contributed by atoms with van der Waals surface area (Å²) in [5.74, 6) is -0.207. The van der Waals surface area contributed by atoms with Gasteiger partial charge in [-0.3, -0.25) is 9.97 Å². The second kappa shape index (κ2) is 6.21. The van der Waals surface area contributed by atoms with Crippen molar-refractivity contribution in [1.82, 2.24) is 15.3 Å². The molecule has 1 aromatic heterocycles. The minimum Gasteiger partial charge on any atom is -0.309 e. The molecule has 94 valence electrons. The van der Waals surface area contributed by atoms with E-state index in [1.807, 2.05) is 13.0 Å². The summed E-state index contributed by atoms with van der Waals surface area (Å²) in [7, 11) is 0. The number of nitrogens with zero attached hydrogens (tertiary/aromatic N) is 2. The molecule has 0 fully saturated rings. The summed E-state index contributed by atoms with van der Waals surface area (Å²) in [6, 6.07) is 6.72. The van der Waals surface area contributed by atoms with Crippen molar-refractivity contribution in [3.8, 4) is 0 Å². The molecule has 1 N–H and O–H groups in total. The van der Waals surface area contributed by atoms with E-state index in [4.69, 9.17) is 0 Å². The third-order valence-corrected chi connectivity index (χ3v) is 2.72. The van der Waals surface area contributed by atoms with Gasteiger partial charge in [0.15, 0.2) is 0 Å². The maximum Gasteiger partial charge on any atom is 0.123 e. The second-order valence-corrected chi connectivity index (χ2v) is 4.07. The molecule has 0 saturated carbocycles. The number of hydrogen-bond acceptors (Lipinski definition) is 3. The Morgan fingerprint density at radius 2 is 2.22 bits per heavy atom. The lowest BCUT2D eigenvalue weighted by Crippen LogP contribution is -2.24. The third-order valence-electron chi connectivity index (χ3n) is 2.72. The van der Waals surface area contributed by atoms with Crippen molar-refractivity contribution < 1.29 is 4.39 Å². The van der Waals surface area contributed by atoms with Gasteiger partial charge in [-0.25, -0.2) is 4.39 Å². The summed E-state index contributed by atoms with van der Waals surface area (Å²) in [6.07, 6.45) is 5.76. The van der Waals surface area contributed by atoms with Crippen molar-refractivity contribution in [2.75, 3.05) is 6.54 Å². The van der Waals surface area contributed by atoms with Gasteiger partial charge in [0.25, 0.3) is 0 Å². The van der Waals surface area contributed by atoms with Crippen LogP contribution in [0.2, 0.25) is 0 Å². The molecule has 4 heteroatoms. The Morgan fingerprint density at radius 1 is 1.33 bits per heavy atom. The summed E-state index contributed by atoms with van der Waals surface area (Å²) in [5, 5.41) is 3.34. The number of nitrogens with one attached hydrogen (secondary N) is 1. The molecule has 0 aliphatic rings. The minimum atomic E-state index is -0.207. The molecule has 1 aromatic carbocycles. The Hall–Kier alpha value is -1.81. The molecular formula is C14H16FN3. The fraction of sp³-hybridized carbons (Fsp3) is 0.286. The van der Waals surface area contributed by atoms with Gasteiger partial charge in [-0.15, -0.1) is 0 Å². The normalized spacial score (nSPS) is 12.3. The molecule has 18 heavy (non-hydrogen) atoms. The van der Waals surface area contributed by atoms with Gasteiger partial charge >= 0.3 is 0 Å². The van der Waals surface area contributed by atoms with Gasteiger partial charge in [-0.05, 0) is 30.7 Å². The predicted molar refractivity (Wildman–Crippen MR) is 68.6 cm³/mol. The lowest BCUT2D eigenvalue weighted by Gasteiger charge is -2.17. The molecule has 2 rings (SSSR count). The Labute approximate surface area is 106 Å². The highest BCUT2D eigenvalue weighted by Gasteiger charge is 2.12. The molecule has 0 bridgehead atoms. The molecule has 0 spiro atoms. The topological polar surface area (TPSA) is 37.8 Å². The van der Waals surface area contributed by atoms with Crippen LogP contribution in [0, 0.1) is 5.82 Å². The van der Waals surface area contributed by atoms with Gasteiger partial charge in [-0.1, -0.05) is 19.1 Å². The maximum atomic E-state index is 13.2. The Kier molecular flexibility index (Phi) is 4.36. The number of halogens is 1. The van der Waals surface area contributed by atoms with Crippen LogP contribution in [0.3, 0.4) is 0 Å². The molecule has 0 aliphatic carbocycles. The summed E-state index contributed by atoms with van der Waals surface area (Å²) in [4.78, 5) is 8.37. The smallest absolute Gasteiger partial charge is 0.123 e. The molecule has 0 saturated heterocycles. The maximum absolute atomic E-state index is 13.2. The number of hydrogen-bond donors (Lipinski definition) is 1. The quantitative estimate of drug-likeness (QED) is 0.879.